The zero-order valence-corrected chi connectivity index (χ0v) is 16.0. The first-order valence-electron chi connectivity index (χ1n) is 9.80. The Bertz CT molecular complexity index is 597. The molecule has 3 rings (SSSR count). The molecule has 0 aliphatic heterocycles. The molecule has 1 heteroatoms. The van der Waals surface area contributed by atoms with Crippen molar-refractivity contribution in [2.45, 2.75) is 72.6 Å². The molecule has 0 aromatic heterocycles. The van der Waals surface area contributed by atoms with E-state index in [2.05, 4.69) is 39.5 Å². The number of rotatable bonds is 3. The maximum Gasteiger partial charge on any atom is 0.161 e. The lowest BCUT2D eigenvalue weighted by Gasteiger charge is -2.58. The van der Waals surface area contributed by atoms with Crippen LogP contribution in [0.3, 0.4) is 0 Å². The highest BCUT2D eigenvalue weighted by atomic mass is 16.1. The number of hydrogen-bond donors (Lipinski definition) is 0. The Morgan fingerprint density at radius 2 is 2.00 bits per heavy atom. The Labute approximate surface area is 148 Å². The van der Waals surface area contributed by atoms with Gasteiger partial charge >= 0.3 is 0 Å². The Morgan fingerprint density at radius 3 is 2.67 bits per heavy atom. The summed E-state index contributed by atoms with van der Waals surface area (Å²) in [6, 6.07) is 0. The van der Waals surface area contributed by atoms with Crippen molar-refractivity contribution in [3.8, 4) is 0 Å². The lowest BCUT2D eigenvalue weighted by molar-refractivity contribution is -0.134. The van der Waals surface area contributed by atoms with Crippen molar-refractivity contribution < 1.29 is 4.79 Å². The summed E-state index contributed by atoms with van der Waals surface area (Å²) in [6.07, 6.45) is 16.7. The highest BCUT2D eigenvalue weighted by Gasteiger charge is 2.56. The van der Waals surface area contributed by atoms with E-state index >= 15 is 0 Å². The van der Waals surface area contributed by atoms with Gasteiger partial charge in [-0.3, -0.25) is 4.79 Å². The summed E-state index contributed by atoms with van der Waals surface area (Å²) in [5, 5.41) is 0. The normalized spacial score (nSPS) is 45.2. The molecule has 1 nitrogen and oxygen atoms in total. The molecule has 2 saturated carbocycles. The summed E-state index contributed by atoms with van der Waals surface area (Å²) in [5.41, 5.74) is 1.98. The van der Waals surface area contributed by atoms with Crippen LogP contribution in [0.25, 0.3) is 0 Å². The minimum atomic E-state index is -0.176. The monoisotopic (exact) mass is 326 g/mol. The molecule has 2 fully saturated rings. The average molecular weight is 327 g/mol. The second-order valence-electron chi connectivity index (χ2n) is 9.31. The van der Waals surface area contributed by atoms with Crippen molar-refractivity contribution in [3.63, 3.8) is 0 Å². The molecule has 0 saturated heterocycles. The fraction of sp³-hybridized carbons (Fsp3) is 0.696. The number of hydrogen-bond acceptors (Lipinski definition) is 1. The number of fused-ring (bicyclic) bond motifs is 3. The van der Waals surface area contributed by atoms with Gasteiger partial charge in [-0.15, -0.1) is 6.58 Å². The fourth-order valence-corrected chi connectivity index (χ4v) is 6.25. The van der Waals surface area contributed by atoms with Gasteiger partial charge in [-0.1, -0.05) is 51.0 Å². The van der Waals surface area contributed by atoms with Crippen LogP contribution in [0.5, 0.6) is 0 Å². The van der Waals surface area contributed by atoms with Gasteiger partial charge in [0.2, 0.25) is 0 Å². The number of allylic oxidation sites excluding steroid dienone is 5. The van der Waals surface area contributed by atoms with Crippen molar-refractivity contribution in [1.29, 1.82) is 0 Å². The van der Waals surface area contributed by atoms with Gasteiger partial charge in [0.05, 0.1) is 0 Å². The van der Waals surface area contributed by atoms with Crippen molar-refractivity contribution in [3.05, 3.63) is 36.5 Å². The van der Waals surface area contributed by atoms with Crippen molar-refractivity contribution >= 4 is 5.78 Å². The molecule has 0 aromatic rings. The molecular formula is C23H34O. The van der Waals surface area contributed by atoms with Crippen LogP contribution in [0, 0.1) is 28.1 Å². The molecule has 5 atom stereocenters. The first-order valence-corrected chi connectivity index (χ1v) is 9.80. The number of carbonyl (C=O) groups is 1. The minimum absolute atomic E-state index is 0.176. The molecule has 3 aliphatic carbocycles. The van der Waals surface area contributed by atoms with Crippen LogP contribution in [0.2, 0.25) is 0 Å². The molecule has 0 unspecified atom stereocenters. The Morgan fingerprint density at radius 1 is 1.25 bits per heavy atom. The largest absolute Gasteiger partial charge is 0.294 e. The molecular weight excluding hydrogens is 292 g/mol. The molecule has 0 heterocycles. The van der Waals surface area contributed by atoms with Gasteiger partial charge in [-0.25, -0.2) is 0 Å². The van der Waals surface area contributed by atoms with Crippen molar-refractivity contribution in [2.75, 3.05) is 0 Å². The van der Waals surface area contributed by atoms with Gasteiger partial charge in [0.1, 0.15) is 0 Å². The van der Waals surface area contributed by atoms with Gasteiger partial charge in [-0.05, 0) is 74.2 Å². The molecule has 0 aromatic carbocycles. The summed E-state index contributed by atoms with van der Waals surface area (Å²) in [7, 11) is 0. The molecule has 3 aliphatic rings. The maximum atomic E-state index is 12.9. The third kappa shape index (κ3) is 2.55. The van der Waals surface area contributed by atoms with Crippen LogP contribution in [0.4, 0.5) is 0 Å². The predicted octanol–water partition coefficient (Wildman–Crippen LogP) is 6.27. The van der Waals surface area contributed by atoms with Gasteiger partial charge in [0.25, 0.3) is 0 Å². The van der Waals surface area contributed by atoms with E-state index in [1.165, 1.54) is 32.1 Å². The van der Waals surface area contributed by atoms with E-state index in [-0.39, 0.29) is 16.2 Å². The van der Waals surface area contributed by atoms with Gasteiger partial charge in [-0.2, -0.15) is 0 Å². The maximum absolute atomic E-state index is 12.9. The molecule has 0 bridgehead atoms. The van der Waals surface area contributed by atoms with E-state index in [1.54, 1.807) is 5.57 Å². The summed E-state index contributed by atoms with van der Waals surface area (Å²) < 4.78 is 0. The quantitative estimate of drug-likeness (QED) is 0.441. The summed E-state index contributed by atoms with van der Waals surface area (Å²) in [5.74, 6) is 1.55. The lowest BCUT2D eigenvalue weighted by Crippen LogP contribution is -2.52. The molecule has 132 valence electrons. The van der Waals surface area contributed by atoms with E-state index in [4.69, 9.17) is 0 Å². The fourth-order valence-electron chi connectivity index (χ4n) is 6.25. The standard InChI is InChI=1S/C23H34O/c1-6-9-20(24)23(5)14-8-13-22(4)18-12-15-21(3,7-2)16-17(18)10-11-19(22)23/h6-7,9,12,17,19H,2,8,10-11,13-16H2,1,3-5H3/b9-6+/t17-,19-,21-,22-,23+/m0/s1. The molecule has 0 radical (unpaired) electrons. The van der Waals surface area contributed by atoms with E-state index in [1.807, 2.05) is 19.1 Å². The number of carbonyl (C=O) groups excluding carboxylic acids is 1. The van der Waals surface area contributed by atoms with Crippen LogP contribution in [-0.2, 0) is 4.79 Å². The second kappa shape index (κ2) is 6.00. The smallest absolute Gasteiger partial charge is 0.161 e. The van der Waals surface area contributed by atoms with Crippen molar-refractivity contribution in [1.82, 2.24) is 0 Å². The Balaban J connectivity index is 1.98. The predicted molar refractivity (Wildman–Crippen MR) is 102 cm³/mol. The summed E-state index contributed by atoms with van der Waals surface area (Å²) in [4.78, 5) is 12.9. The average Bonchev–Trinajstić information content (AvgIpc) is 2.54. The van der Waals surface area contributed by atoms with E-state index < -0.39 is 0 Å². The molecule has 24 heavy (non-hydrogen) atoms. The van der Waals surface area contributed by atoms with Gasteiger partial charge in [0, 0.05) is 5.41 Å². The zero-order chi connectivity index (χ0) is 17.6. The third-order valence-corrected chi connectivity index (χ3v) is 7.71. The minimum Gasteiger partial charge on any atom is -0.294 e. The highest BCUT2D eigenvalue weighted by Crippen LogP contribution is 2.64. The van der Waals surface area contributed by atoms with Gasteiger partial charge < -0.3 is 0 Å². The van der Waals surface area contributed by atoms with Crippen LogP contribution >= 0.6 is 0 Å². The topological polar surface area (TPSA) is 17.1 Å². The zero-order valence-electron chi connectivity index (χ0n) is 16.0. The Kier molecular flexibility index (Phi) is 4.43. The van der Waals surface area contributed by atoms with E-state index in [0.29, 0.717) is 17.6 Å². The summed E-state index contributed by atoms with van der Waals surface area (Å²) >= 11 is 0. The van der Waals surface area contributed by atoms with Crippen LogP contribution in [0.15, 0.2) is 36.5 Å². The van der Waals surface area contributed by atoms with Crippen LogP contribution in [-0.4, -0.2) is 5.78 Å². The summed E-state index contributed by atoms with van der Waals surface area (Å²) in [6.45, 7) is 13.1. The SMILES string of the molecule is C=C[C@@]1(C)CC=C2[C@@H](CC[C@@H]3[C@](C)(C(=O)/C=C/C)CCC[C@@]23C)C1. The first kappa shape index (κ1) is 17.7. The lowest BCUT2D eigenvalue weighted by atomic mass is 9.45. The van der Waals surface area contributed by atoms with E-state index in [9.17, 15) is 4.79 Å². The Hall–Kier alpha value is -1.11. The van der Waals surface area contributed by atoms with Gasteiger partial charge in [0.15, 0.2) is 5.78 Å². The molecule has 0 N–H and O–H groups in total. The van der Waals surface area contributed by atoms with Crippen LogP contribution in [0.1, 0.15) is 72.6 Å². The third-order valence-electron chi connectivity index (χ3n) is 7.71. The molecule has 0 spiro atoms. The van der Waals surface area contributed by atoms with Crippen LogP contribution < -0.4 is 0 Å². The van der Waals surface area contributed by atoms with E-state index in [0.717, 1.165) is 12.8 Å². The highest BCUT2D eigenvalue weighted by molar-refractivity contribution is 5.95. The number of ketones is 1. The second-order valence-corrected chi connectivity index (χ2v) is 9.31. The van der Waals surface area contributed by atoms with Crippen molar-refractivity contribution in [2.24, 2.45) is 28.1 Å². The first-order chi connectivity index (χ1) is 11.3. The molecule has 0 amide bonds.